The first kappa shape index (κ1) is 21.9. The number of benzene rings is 1. The van der Waals surface area contributed by atoms with E-state index < -0.39 is 83.5 Å². The molecule has 0 aliphatic carbocycles. The summed E-state index contributed by atoms with van der Waals surface area (Å²) in [5.41, 5.74) is -6.60. The molecule has 0 bridgehead atoms. The van der Waals surface area contributed by atoms with E-state index in [9.17, 15) is 28.8 Å². The molecule has 6 heterocycles. The SMILES string of the molecule is O=c1c2c3c(=O)n(-c4ncncn4)c(=O)c3c3c(=O)n(-c4ncncn4)c(=O)c3c2c(=O)n1-c1ncncn1. The number of nitrogens with zero attached hydrogens (tertiary/aromatic N) is 12. The van der Waals surface area contributed by atoms with Crippen LogP contribution in [-0.2, 0) is 0 Å². The van der Waals surface area contributed by atoms with Gasteiger partial charge in [0.05, 0.1) is 32.3 Å². The quantitative estimate of drug-likeness (QED) is 0.219. The molecule has 39 heavy (non-hydrogen) atoms. The highest BCUT2D eigenvalue weighted by Crippen LogP contribution is 2.26. The van der Waals surface area contributed by atoms with Crippen LogP contribution in [0.5, 0.6) is 0 Å². The van der Waals surface area contributed by atoms with E-state index in [-0.39, 0.29) is 0 Å². The lowest BCUT2D eigenvalue weighted by Gasteiger charge is -1.95. The van der Waals surface area contributed by atoms with Crippen molar-refractivity contribution >= 4 is 32.3 Å². The average molecular weight is 522 g/mol. The first-order valence-corrected chi connectivity index (χ1v) is 10.7. The summed E-state index contributed by atoms with van der Waals surface area (Å²) in [6.45, 7) is 0. The number of hydrogen-bond donors (Lipinski definition) is 0. The molecular weight excluding hydrogens is 516 g/mol. The zero-order chi connectivity index (χ0) is 27.0. The van der Waals surface area contributed by atoms with Crippen LogP contribution in [0.3, 0.4) is 0 Å². The summed E-state index contributed by atoms with van der Waals surface area (Å²) in [5.74, 6) is -1.22. The Bertz CT molecular complexity index is 2030. The second kappa shape index (κ2) is 7.59. The minimum atomic E-state index is -1.10. The molecule has 0 amide bonds. The van der Waals surface area contributed by atoms with E-state index in [1.54, 1.807) is 0 Å². The van der Waals surface area contributed by atoms with Crippen LogP contribution in [-0.4, -0.2) is 58.6 Å². The van der Waals surface area contributed by atoms with Crippen LogP contribution in [0.25, 0.3) is 50.2 Å². The molecule has 0 aliphatic rings. The van der Waals surface area contributed by atoms with Gasteiger partial charge in [0.2, 0.25) is 17.8 Å². The van der Waals surface area contributed by atoms with E-state index in [4.69, 9.17) is 0 Å². The summed E-state index contributed by atoms with van der Waals surface area (Å²) in [5, 5.41) is -3.48. The lowest BCUT2D eigenvalue weighted by Crippen LogP contribution is -2.26. The summed E-state index contributed by atoms with van der Waals surface area (Å²) in [7, 11) is 0. The van der Waals surface area contributed by atoms with E-state index in [1.165, 1.54) is 0 Å². The Morgan fingerprint density at radius 2 is 0.513 bits per heavy atom. The first-order chi connectivity index (χ1) is 18.9. The topological polar surface area (TPSA) is 233 Å². The molecule has 0 aliphatic heterocycles. The van der Waals surface area contributed by atoms with Crippen molar-refractivity contribution in [2.45, 2.75) is 0 Å². The second-order valence-electron chi connectivity index (χ2n) is 7.90. The molecule has 18 nitrogen and oxygen atoms in total. The summed E-state index contributed by atoms with van der Waals surface area (Å²) in [6.07, 6.45) is 6.14. The van der Waals surface area contributed by atoms with Gasteiger partial charge < -0.3 is 0 Å². The van der Waals surface area contributed by atoms with Gasteiger partial charge in [-0.3, -0.25) is 28.8 Å². The van der Waals surface area contributed by atoms with Crippen LogP contribution in [0.4, 0.5) is 0 Å². The third-order valence-electron chi connectivity index (χ3n) is 6.04. The maximum Gasteiger partial charge on any atom is 0.269 e. The summed E-state index contributed by atoms with van der Waals surface area (Å²) >= 11 is 0. The van der Waals surface area contributed by atoms with Crippen molar-refractivity contribution in [1.29, 1.82) is 0 Å². The van der Waals surface area contributed by atoms with Crippen LogP contribution < -0.4 is 33.4 Å². The van der Waals surface area contributed by atoms with Crippen molar-refractivity contribution < 1.29 is 0 Å². The molecule has 0 radical (unpaired) electrons. The van der Waals surface area contributed by atoms with Gasteiger partial charge in [0.15, 0.2) is 0 Å². The highest BCUT2D eigenvalue weighted by Gasteiger charge is 2.32. The highest BCUT2D eigenvalue weighted by molar-refractivity contribution is 6.25. The van der Waals surface area contributed by atoms with Crippen molar-refractivity contribution in [1.82, 2.24) is 58.6 Å². The Labute approximate surface area is 209 Å². The van der Waals surface area contributed by atoms with Crippen molar-refractivity contribution in [3.63, 3.8) is 0 Å². The van der Waals surface area contributed by atoms with Crippen LogP contribution in [0.1, 0.15) is 0 Å². The van der Waals surface area contributed by atoms with E-state index in [0.717, 1.165) is 38.0 Å². The van der Waals surface area contributed by atoms with Crippen molar-refractivity contribution in [2.75, 3.05) is 0 Å². The third kappa shape index (κ3) is 2.70. The van der Waals surface area contributed by atoms with E-state index >= 15 is 0 Å². The van der Waals surface area contributed by atoms with Gasteiger partial charge in [-0.05, 0) is 0 Å². The smallest absolute Gasteiger partial charge is 0.268 e. The third-order valence-corrected chi connectivity index (χ3v) is 6.04. The summed E-state index contributed by atoms with van der Waals surface area (Å²) < 4.78 is 1.54. The molecule has 0 spiro atoms. The van der Waals surface area contributed by atoms with E-state index in [2.05, 4.69) is 44.9 Å². The lowest BCUT2D eigenvalue weighted by atomic mass is 10.0. The number of fused-ring (bicyclic) bond motifs is 6. The lowest BCUT2D eigenvalue weighted by molar-refractivity contribution is 0.857. The van der Waals surface area contributed by atoms with Crippen LogP contribution in [0.15, 0.2) is 66.7 Å². The second-order valence-corrected chi connectivity index (χ2v) is 7.90. The zero-order valence-corrected chi connectivity index (χ0v) is 18.8. The Morgan fingerprint density at radius 1 is 0.333 bits per heavy atom. The molecule has 186 valence electrons. The fourth-order valence-corrected chi connectivity index (χ4v) is 4.57. The normalized spacial score (nSPS) is 11.7. The van der Waals surface area contributed by atoms with Crippen molar-refractivity contribution in [3.8, 4) is 17.8 Å². The Morgan fingerprint density at radius 3 is 0.692 bits per heavy atom. The van der Waals surface area contributed by atoms with Gasteiger partial charge in [0.1, 0.15) is 38.0 Å². The van der Waals surface area contributed by atoms with Gasteiger partial charge in [-0.1, -0.05) is 0 Å². The largest absolute Gasteiger partial charge is 0.269 e. The van der Waals surface area contributed by atoms with Crippen LogP contribution in [0.2, 0.25) is 0 Å². The number of rotatable bonds is 3. The van der Waals surface area contributed by atoms with Gasteiger partial charge in [-0.15, -0.1) is 0 Å². The number of aromatic nitrogens is 12. The molecule has 7 aromatic rings. The molecule has 0 atom stereocenters. The first-order valence-electron chi connectivity index (χ1n) is 10.7. The molecule has 6 aromatic heterocycles. The maximum absolute atomic E-state index is 13.6. The van der Waals surface area contributed by atoms with E-state index in [0.29, 0.717) is 13.7 Å². The molecule has 18 heteroatoms. The predicted octanol–water partition coefficient (Wildman–Crippen LogP) is -3.45. The summed E-state index contributed by atoms with van der Waals surface area (Å²) in [6, 6.07) is 0. The van der Waals surface area contributed by atoms with Gasteiger partial charge >= 0.3 is 0 Å². The highest BCUT2D eigenvalue weighted by atomic mass is 16.2. The molecule has 0 fully saturated rings. The van der Waals surface area contributed by atoms with Gasteiger partial charge in [-0.2, -0.15) is 0 Å². The molecule has 0 N–H and O–H groups in total. The van der Waals surface area contributed by atoms with Crippen molar-refractivity contribution in [2.24, 2.45) is 0 Å². The molecule has 0 saturated carbocycles. The minimum Gasteiger partial charge on any atom is -0.268 e. The Kier molecular flexibility index (Phi) is 4.26. The zero-order valence-electron chi connectivity index (χ0n) is 18.8. The van der Waals surface area contributed by atoms with Gasteiger partial charge in [0, 0.05) is 0 Å². The molecule has 0 saturated heterocycles. The Hall–Kier alpha value is -6.33. The van der Waals surface area contributed by atoms with Gasteiger partial charge in [0.25, 0.3) is 33.4 Å². The van der Waals surface area contributed by atoms with Crippen LogP contribution in [0, 0.1) is 0 Å². The van der Waals surface area contributed by atoms with E-state index in [1.807, 2.05) is 0 Å². The summed E-state index contributed by atoms with van der Waals surface area (Å²) in [4.78, 5) is 116. The Balaban J connectivity index is 1.83. The maximum atomic E-state index is 13.6. The van der Waals surface area contributed by atoms with Crippen LogP contribution >= 0.6 is 0 Å². The fourth-order valence-electron chi connectivity index (χ4n) is 4.57. The van der Waals surface area contributed by atoms with Gasteiger partial charge in [-0.25, -0.2) is 58.6 Å². The minimum absolute atomic E-state index is 0.407. The number of hydrogen-bond acceptors (Lipinski definition) is 15. The molecular formula is C21H6N12O6. The fraction of sp³-hybridized carbons (Fsp3) is 0. The molecule has 1 aromatic carbocycles. The average Bonchev–Trinajstić information content (AvgIpc) is 3.48. The predicted molar refractivity (Wildman–Crippen MR) is 128 cm³/mol. The van der Waals surface area contributed by atoms with Crippen molar-refractivity contribution in [3.05, 3.63) is 100 Å². The standard InChI is InChI=1S/C21H6N12O6/c34-13-7-8(14(35)31(13)19-25-1-22-2-26-19)10-12(18(39)33(16(10)37)21-29-5-24-6-30-21)11-9(7)15(36)32(17(11)38)20-27-3-23-4-28-20/h1-6H. The molecule has 0 unspecified atom stereocenters. The molecule has 7 rings (SSSR count). The monoisotopic (exact) mass is 522 g/mol.